The van der Waals surface area contributed by atoms with E-state index in [1.54, 1.807) is 20.8 Å². The minimum atomic E-state index is -1.03. The summed E-state index contributed by atoms with van der Waals surface area (Å²) in [4.78, 5) is 11.2. The number of rotatable bonds is 4. The van der Waals surface area contributed by atoms with E-state index >= 15 is 0 Å². The smallest absolute Gasteiger partial charge is 0.308 e. The molecule has 0 aliphatic carbocycles. The summed E-state index contributed by atoms with van der Waals surface area (Å²) in [6.45, 7) is 5.23. The van der Waals surface area contributed by atoms with E-state index in [0.29, 0.717) is 0 Å². The second kappa shape index (κ2) is 5.74. The summed E-state index contributed by atoms with van der Waals surface area (Å²) in [5.74, 6) is 1.56. The quantitative estimate of drug-likeness (QED) is 0.527. The zero-order valence-corrected chi connectivity index (χ0v) is 9.36. The van der Waals surface area contributed by atoms with Gasteiger partial charge in [0.25, 0.3) is 0 Å². The number of esters is 1. The van der Waals surface area contributed by atoms with Crippen LogP contribution in [0.5, 0.6) is 0 Å². The van der Waals surface area contributed by atoms with Gasteiger partial charge < -0.3 is 14.9 Å². The van der Waals surface area contributed by atoms with Crippen molar-refractivity contribution in [2.75, 3.05) is 0 Å². The maximum absolute atomic E-state index is 11.2. The zero-order valence-electron chi connectivity index (χ0n) is 9.36. The van der Waals surface area contributed by atoms with Crippen LogP contribution in [0.1, 0.15) is 33.6 Å². The fraction of sp³-hybridized carbons (Fsp3) is 0.727. The standard InChI is InChI=1S/C11H18O4/c1-5-8(12)6-9(13)7-10(14)15-11(2,3)4/h1,8-9,12-13H,6-7H2,2-4H3/t8-,9-/m1/s1. The van der Waals surface area contributed by atoms with Crippen molar-refractivity contribution in [3.05, 3.63) is 0 Å². The van der Waals surface area contributed by atoms with E-state index < -0.39 is 23.8 Å². The molecule has 0 spiro atoms. The highest BCUT2D eigenvalue weighted by Gasteiger charge is 2.20. The van der Waals surface area contributed by atoms with Gasteiger partial charge in [-0.25, -0.2) is 0 Å². The Bertz CT molecular complexity index is 246. The number of hydrogen-bond donors (Lipinski definition) is 2. The highest BCUT2D eigenvalue weighted by Crippen LogP contribution is 2.11. The maximum atomic E-state index is 11.2. The van der Waals surface area contributed by atoms with Crippen LogP contribution in [-0.4, -0.2) is 34.0 Å². The number of aliphatic hydroxyl groups excluding tert-OH is 2. The first-order valence-corrected chi connectivity index (χ1v) is 4.78. The summed E-state index contributed by atoms with van der Waals surface area (Å²) in [6.07, 6.45) is 2.76. The van der Waals surface area contributed by atoms with Gasteiger partial charge in [0.2, 0.25) is 0 Å². The minimum absolute atomic E-state index is 0.0181. The summed E-state index contributed by atoms with van der Waals surface area (Å²) < 4.78 is 4.99. The van der Waals surface area contributed by atoms with E-state index in [9.17, 15) is 9.90 Å². The lowest BCUT2D eigenvalue weighted by Crippen LogP contribution is -2.27. The van der Waals surface area contributed by atoms with Crippen molar-refractivity contribution in [1.82, 2.24) is 0 Å². The molecular weight excluding hydrogens is 196 g/mol. The molecule has 0 aliphatic heterocycles. The fourth-order valence-corrected chi connectivity index (χ4v) is 0.985. The molecule has 2 N–H and O–H groups in total. The monoisotopic (exact) mass is 214 g/mol. The van der Waals surface area contributed by atoms with E-state index in [1.807, 2.05) is 0 Å². The van der Waals surface area contributed by atoms with Gasteiger partial charge in [-0.2, -0.15) is 0 Å². The SMILES string of the molecule is C#C[C@@H](O)C[C@@H](O)CC(=O)OC(C)(C)C. The van der Waals surface area contributed by atoms with Crippen LogP contribution in [0.2, 0.25) is 0 Å². The maximum Gasteiger partial charge on any atom is 0.308 e. The Kier molecular flexibility index (Phi) is 5.34. The van der Waals surface area contributed by atoms with E-state index in [2.05, 4.69) is 5.92 Å². The number of carbonyl (C=O) groups excluding carboxylic acids is 1. The molecule has 0 saturated heterocycles. The van der Waals surface area contributed by atoms with Gasteiger partial charge in [-0.3, -0.25) is 4.79 Å². The third-order valence-corrected chi connectivity index (χ3v) is 1.51. The van der Waals surface area contributed by atoms with Gasteiger partial charge in [0.05, 0.1) is 12.5 Å². The second-order valence-corrected chi connectivity index (χ2v) is 4.36. The number of hydrogen-bond acceptors (Lipinski definition) is 4. The predicted molar refractivity (Wildman–Crippen MR) is 55.9 cm³/mol. The van der Waals surface area contributed by atoms with Gasteiger partial charge in [-0.15, -0.1) is 6.42 Å². The number of ether oxygens (including phenoxy) is 1. The molecular formula is C11H18O4. The van der Waals surface area contributed by atoms with Crippen molar-refractivity contribution >= 4 is 5.97 Å². The Morgan fingerprint density at radius 1 is 1.47 bits per heavy atom. The van der Waals surface area contributed by atoms with Crippen molar-refractivity contribution in [2.45, 2.75) is 51.4 Å². The lowest BCUT2D eigenvalue weighted by atomic mass is 10.1. The first-order chi connectivity index (χ1) is 6.74. The van der Waals surface area contributed by atoms with Crippen LogP contribution < -0.4 is 0 Å². The number of terminal acetylenes is 1. The zero-order chi connectivity index (χ0) is 12.1. The van der Waals surface area contributed by atoms with E-state index in [0.717, 1.165) is 0 Å². The van der Waals surface area contributed by atoms with Crippen LogP contribution in [-0.2, 0) is 9.53 Å². The summed E-state index contributed by atoms with van der Waals surface area (Å²) in [7, 11) is 0. The van der Waals surface area contributed by atoms with Crippen LogP contribution in [0.15, 0.2) is 0 Å². The third-order valence-electron chi connectivity index (χ3n) is 1.51. The summed E-state index contributed by atoms with van der Waals surface area (Å²) in [5, 5.41) is 18.4. The first-order valence-electron chi connectivity index (χ1n) is 4.78. The lowest BCUT2D eigenvalue weighted by molar-refractivity contribution is -0.157. The lowest BCUT2D eigenvalue weighted by Gasteiger charge is -2.20. The Morgan fingerprint density at radius 3 is 2.40 bits per heavy atom. The molecule has 0 aromatic rings. The second-order valence-electron chi connectivity index (χ2n) is 4.36. The topological polar surface area (TPSA) is 66.8 Å². The van der Waals surface area contributed by atoms with Gasteiger partial charge in [0, 0.05) is 6.42 Å². The molecule has 0 unspecified atom stereocenters. The Labute approximate surface area is 90.3 Å². The van der Waals surface area contributed by atoms with E-state index in [4.69, 9.17) is 16.3 Å². The van der Waals surface area contributed by atoms with Crippen molar-refractivity contribution in [3.63, 3.8) is 0 Å². The molecule has 0 amide bonds. The third kappa shape index (κ3) is 7.98. The number of carbonyl (C=O) groups is 1. The molecule has 0 aliphatic rings. The highest BCUT2D eigenvalue weighted by molar-refractivity contribution is 5.70. The molecule has 4 heteroatoms. The first kappa shape index (κ1) is 13.9. The molecule has 0 saturated carbocycles. The van der Waals surface area contributed by atoms with Crippen molar-refractivity contribution in [3.8, 4) is 12.3 Å². The van der Waals surface area contributed by atoms with Gasteiger partial charge in [-0.1, -0.05) is 5.92 Å². The largest absolute Gasteiger partial charge is 0.460 e. The van der Waals surface area contributed by atoms with Gasteiger partial charge in [0.1, 0.15) is 11.7 Å². The molecule has 0 rings (SSSR count). The summed E-state index contributed by atoms with van der Waals surface area (Å²) in [6, 6.07) is 0. The van der Waals surface area contributed by atoms with Crippen molar-refractivity contribution < 1.29 is 19.7 Å². The summed E-state index contributed by atoms with van der Waals surface area (Å²) in [5.41, 5.74) is -0.568. The number of aliphatic hydroxyl groups is 2. The van der Waals surface area contributed by atoms with Gasteiger partial charge >= 0.3 is 5.97 Å². The Balaban J connectivity index is 3.93. The van der Waals surface area contributed by atoms with E-state index in [-0.39, 0.29) is 12.8 Å². The molecule has 0 bridgehead atoms. The minimum Gasteiger partial charge on any atom is -0.460 e. The Morgan fingerprint density at radius 2 is 2.00 bits per heavy atom. The van der Waals surface area contributed by atoms with Crippen LogP contribution in [0.4, 0.5) is 0 Å². The average molecular weight is 214 g/mol. The average Bonchev–Trinajstić information content (AvgIpc) is 1.99. The molecule has 0 radical (unpaired) electrons. The molecule has 0 fully saturated rings. The molecule has 0 aromatic carbocycles. The highest BCUT2D eigenvalue weighted by atomic mass is 16.6. The van der Waals surface area contributed by atoms with E-state index in [1.165, 1.54) is 0 Å². The molecule has 0 aromatic heterocycles. The molecule has 2 atom stereocenters. The van der Waals surface area contributed by atoms with Crippen LogP contribution in [0.25, 0.3) is 0 Å². The predicted octanol–water partition coefficient (Wildman–Crippen LogP) is 0.463. The van der Waals surface area contributed by atoms with Crippen LogP contribution >= 0.6 is 0 Å². The molecule has 0 heterocycles. The molecule has 15 heavy (non-hydrogen) atoms. The summed E-state index contributed by atoms with van der Waals surface area (Å²) >= 11 is 0. The van der Waals surface area contributed by atoms with Crippen molar-refractivity contribution in [1.29, 1.82) is 0 Å². The normalized spacial score (nSPS) is 15.2. The van der Waals surface area contributed by atoms with Crippen LogP contribution in [0.3, 0.4) is 0 Å². The fourth-order valence-electron chi connectivity index (χ4n) is 0.985. The van der Waals surface area contributed by atoms with Gasteiger partial charge in [0.15, 0.2) is 0 Å². The van der Waals surface area contributed by atoms with Gasteiger partial charge in [-0.05, 0) is 20.8 Å². The molecule has 4 nitrogen and oxygen atoms in total. The van der Waals surface area contributed by atoms with Crippen molar-refractivity contribution in [2.24, 2.45) is 0 Å². The molecule has 86 valence electrons. The van der Waals surface area contributed by atoms with Crippen LogP contribution in [0, 0.1) is 12.3 Å². The Hall–Kier alpha value is -1.05.